The topological polar surface area (TPSA) is 99.3 Å². The third kappa shape index (κ3) is 5.46. The molecule has 1 amide bonds. The molecule has 11 heteroatoms. The molecule has 33 heavy (non-hydrogen) atoms. The van der Waals surface area contributed by atoms with E-state index in [0.717, 1.165) is 21.4 Å². The number of nitro benzene ring substituents is 1. The molecule has 1 N–H and O–H groups in total. The summed E-state index contributed by atoms with van der Waals surface area (Å²) in [7, 11) is 0. The van der Waals surface area contributed by atoms with E-state index >= 15 is 0 Å². The molecule has 3 aromatic rings. The molecule has 0 fully saturated rings. The lowest BCUT2D eigenvalue weighted by molar-refractivity contribution is -0.384. The lowest BCUT2D eigenvalue weighted by Gasteiger charge is -2.13. The lowest BCUT2D eigenvalue weighted by Crippen LogP contribution is -2.20. The van der Waals surface area contributed by atoms with Crippen molar-refractivity contribution in [3.05, 3.63) is 73.5 Å². The molecule has 0 radical (unpaired) electrons. The molecule has 0 spiro atoms. The van der Waals surface area contributed by atoms with Gasteiger partial charge in [-0.05, 0) is 50.5 Å². The molecule has 0 saturated carbocycles. The van der Waals surface area contributed by atoms with Gasteiger partial charge in [0.15, 0.2) is 0 Å². The van der Waals surface area contributed by atoms with Gasteiger partial charge < -0.3 is 10.1 Å². The van der Waals surface area contributed by atoms with E-state index in [0.29, 0.717) is 5.75 Å². The Kier molecular flexibility index (Phi) is 6.97. The van der Waals surface area contributed by atoms with Crippen molar-refractivity contribution in [2.24, 2.45) is 0 Å². The molecule has 0 unspecified atom stereocenters. The predicted octanol–water partition coefficient (Wildman–Crippen LogP) is 6.05. The van der Waals surface area contributed by atoms with Crippen LogP contribution in [0.4, 0.5) is 20.2 Å². The van der Waals surface area contributed by atoms with Crippen molar-refractivity contribution >= 4 is 28.9 Å². The zero-order chi connectivity index (χ0) is 24.4. The second-order valence-corrected chi connectivity index (χ2v) is 7.95. The van der Waals surface area contributed by atoms with Crippen molar-refractivity contribution in [1.82, 2.24) is 9.78 Å². The van der Waals surface area contributed by atoms with Crippen LogP contribution in [0, 0.1) is 37.8 Å². The summed E-state index contributed by atoms with van der Waals surface area (Å²) in [4.78, 5) is 23.3. The first-order valence-corrected chi connectivity index (χ1v) is 10.2. The zero-order valence-electron chi connectivity index (χ0n) is 18.3. The predicted molar refractivity (Wildman–Crippen MR) is 119 cm³/mol. The van der Waals surface area contributed by atoms with E-state index < -0.39 is 29.5 Å². The molecule has 2 aromatic carbocycles. The summed E-state index contributed by atoms with van der Waals surface area (Å²) >= 11 is 5.85. The first kappa shape index (κ1) is 24.1. The number of non-ortho nitro benzene ring substituents is 1. The number of aryl methyl sites for hydroxylation is 2. The minimum Gasteiger partial charge on any atom is -0.457 e. The number of alkyl halides is 2. The normalized spacial score (nSPS) is 11.0. The Balaban J connectivity index is 1.86. The summed E-state index contributed by atoms with van der Waals surface area (Å²) in [6.45, 7) is 6.75. The summed E-state index contributed by atoms with van der Waals surface area (Å²) in [5, 5.41) is 17.4. The number of carbonyl (C=O) groups excluding carboxylic acids is 1. The minimum atomic E-state index is -2.88. The first-order valence-electron chi connectivity index (χ1n) is 9.82. The summed E-state index contributed by atoms with van der Waals surface area (Å²) in [6.07, 6.45) is -2.88. The van der Waals surface area contributed by atoms with Crippen molar-refractivity contribution in [3.8, 4) is 11.5 Å². The maximum absolute atomic E-state index is 13.0. The number of carbonyl (C=O) groups is 1. The lowest BCUT2D eigenvalue weighted by atomic mass is 10.1. The third-order valence-corrected chi connectivity index (χ3v) is 5.50. The molecular formula is C22H21ClF2N4O4. The van der Waals surface area contributed by atoms with Gasteiger partial charge in [-0.15, -0.1) is 0 Å². The summed E-state index contributed by atoms with van der Waals surface area (Å²) in [5.41, 5.74) is 2.24. The van der Waals surface area contributed by atoms with Crippen molar-refractivity contribution in [3.63, 3.8) is 0 Å². The van der Waals surface area contributed by atoms with Gasteiger partial charge in [-0.2, -0.15) is 5.10 Å². The van der Waals surface area contributed by atoms with Crippen LogP contribution in [-0.4, -0.2) is 20.6 Å². The number of hydrogen-bond acceptors (Lipinski definition) is 5. The van der Waals surface area contributed by atoms with Gasteiger partial charge in [0.1, 0.15) is 23.7 Å². The Bertz CT molecular complexity index is 1240. The highest BCUT2D eigenvalue weighted by Crippen LogP contribution is 2.33. The van der Waals surface area contributed by atoms with E-state index in [4.69, 9.17) is 16.3 Å². The van der Waals surface area contributed by atoms with Crippen LogP contribution in [0.25, 0.3) is 0 Å². The van der Waals surface area contributed by atoms with E-state index in [2.05, 4.69) is 10.4 Å². The summed E-state index contributed by atoms with van der Waals surface area (Å²) in [5.74, 6) is 0.0598. The Morgan fingerprint density at radius 2 is 1.91 bits per heavy atom. The van der Waals surface area contributed by atoms with Crippen LogP contribution >= 0.6 is 11.6 Å². The van der Waals surface area contributed by atoms with Crippen LogP contribution in [0.15, 0.2) is 30.3 Å². The van der Waals surface area contributed by atoms with Gasteiger partial charge in [0, 0.05) is 12.1 Å². The second-order valence-electron chi connectivity index (χ2n) is 7.57. The number of ether oxygens (including phenoxy) is 1. The fraction of sp³-hybridized carbons (Fsp3) is 0.273. The zero-order valence-corrected chi connectivity index (χ0v) is 19.0. The van der Waals surface area contributed by atoms with E-state index in [1.165, 1.54) is 25.1 Å². The Morgan fingerprint density at radius 3 is 2.52 bits per heavy atom. The largest absolute Gasteiger partial charge is 0.457 e. The van der Waals surface area contributed by atoms with Crippen molar-refractivity contribution < 1.29 is 23.2 Å². The molecule has 174 valence electrons. The van der Waals surface area contributed by atoms with Gasteiger partial charge in [-0.1, -0.05) is 17.7 Å². The maximum atomic E-state index is 13.0. The van der Waals surface area contributed by atoms with Gasteiger partial charge in [0.05, 0.1) is 27.4 Å². The molecule has 0 atom stereocenters. The van der Waals surface area contributed by atoms with Gasteiger partial charge in [0.2, 0.25) is 5.91 Å². The van der Waals surface area contributed by atoms with Gasteiger partial charge in [0.25, 0.3) is 12.1 Å². The molecular weight excluding hydrogens is 458 g/mol. The van der Waals surface area contributed by atoms with Crippen LogP contribution in [0.5, 0.6) is 11.5 Å². The molecule has 1 heterocycles. The second kappa shape index (κ2) is 9.53. The third-order valence-electron chi connectivity index (χ3n) is 5.04. The van der Waals surface area contributed by atoms with E-state index in [-0.39, 0.29) is 27.8 Å². The number of halogens is 3. The first-order chi connectivity index (χ1) is 15.5. The van der Waals surface area contributed by atoms with Crippen LogP contribution in [-0.2, 0) is 11.3 Å². The van der Waals surface area contributed by atoms with Crippen molar-refractivity contribution in [1.29, 1.82) is 0 Å². The van der Waals surface area contributed by atoms with Crippen LogP contribution < -0.4 is 10.1 Å². The molecule has 0 saturated heterocycles. The number of nitro groups is 1. The van der Waals surface area contributed by atoms with E-state index in [9.17, 15) is 23.7 Å². The standard InChI is InChI=1S/C22H21ClF2N4O4/c1-11-5-12(2)13(3)18(6-11)33-17-8-15(7-16(9-17)29(31)32)26-19(30)10-28-14(4)20(23)21(27-28)22(24)25/h5-9,22H,10H2,1-4H3,(H,26,30). The highest BCUT2D eigenvalue weighted by atomic mass is 35.5. The van der Waals surface area contributed by atoms with Crippen LogP contribution in [0.1, 0.15) is 34.5 Å². The molecule has 8 nitrogen and oxygen atoms in total. The average Bonchev–Trinajstić information content (AvgIpc) is 3.00. The fourth-order valence-corrected chi connectivity index (χ4v) is 3.45. The number of hydrogen-bond donors (Lipinski definition) is 1. The Labute approximate surface area is 193 Å². The molecule has 0 aliphatic carbocycles. The Morgan fingerprint density at radius 1 is 1.21 bits per heavy atom. The summed E-state index contributed by atoms with van der Waals surface area (Å²) < 4.78 is 32.9. The number of nitrogens with zero attached hydrogens (tertiary/aromatic N) is 3. The quantitative estimate of drug-likeness (QED) is 0.329. The smallest absolute Gasteiger partial charge is 0.283 e. The molecule has 0 aliphatic heterocycles. The van der Waals surface area contributed by atoms with Crippen LogP contribution in [0.2, 0.25) is 5.02 Å². The number of anilines is 1. The molecule has 1 aromatic heterocycles. The van der Waals surface area contributed by atoms with Gasteiger partial charge in [-0.25, -0.2) is 8.78 Å². The van der Waals surface area contributed by atoms with Gasteiger partial charge >= 0.3 is 0 Å². The maximum Gasteiger partial charge on any atom is 0.283 e. The van der Waals surface area contributed by atoms with E-state index in [1.54, 1.807) is 0 Å². The SMILES string of the molecule is Cc1cc(C)c(C)c(Oc2cc(NC(=O)Cn3nc(C(F)F)c(Cl)c3C)cc([N+](=O)[O-])c2)c1. The monoisotopic (exact) mass is 478 g/mol. The number of rotatable bonds is 7. The highest BCUT2D eigenvalue weighted by molar-refractivity contribution is 6.31. The Hall–Kier alpha value is -3.53. The molecule has 0 aliphatic rings. The minimum absolute atomic E-state index is 0.108. The number of nitrogens with one attached hydrogen (secondary N) is 1. The number of benzene rings is 2. The highest BCUT2D eigenvalue weighted by Gasteiger charge is 2.22. The van der Waals surface area contributed by atoms with Gasteiger partial charge in [-0.3, -0.25) is 19.6 Å². The van der Waals surface area contributed by atoms with Crippen molar-refractivity contribution in [2.45, 2.75) is 40.7 Å². The summed E-state index contributed by atoms with van der Waals surface area (Å²) in [6, 6.07) is 7.66. The fourth-order valence-electron chi connectivity index (χ4n) is 3.23. The molecule has 0 bridgehead atoms. The average molecular weight is 479 g/mol. The molecule has 3 rings (SSSR count). The van der Waals surface area contributed by atoms with E-state index in [1.807, 2.05) is 32.9 Å². The van der Waals surface area contributed by atoms with Crippen molar-refractivity contribution in [2.75, 3.05) is 5.32 Å². The van der Waals surface area contributed by atoms with Crippen LogP contribution in [0.3, 0.4) is 0 Å². The number of amides is 1. The number of aromatic nitrogens is 2.